The quantitative estimate of drug-likeness (QED) is 0.239. The minimum Gasteiger partial charge on any atom is -0.497 e. The molecule has 0 fully saturated rings. The summed E-state index contributed by atoms with van der Waals surface area (Å²) in [7, 11) is 2.74. The van der Waals surface area contributed by atoms with E-state index >= 15 is 0 Å². The lowest BCUT2D eigenvalue weighted by Crippen LogP contribution is -2.51. The van der Waals surface area contributed by atoms with Gasteiger partial charge in [0.15, 0.2) is 0 Å². The first-order valence-corrected chi connectivity index (χ1v) is 13.3. The van der Waals surface area contributed by atoms with Crippen LogP contribution in [0.4, 0.5) is 0 Å². The van der Waals surface area contributed by atoms with Gasteiger partial charge in [0.2, 0.25) is 11.8 Å². The highest BCUT2D eigenvalue weighted by Crippen LogP contribution is 2.29. The molecule has 0 aromatic heterocycles. The van der Waals surface area contributed by atoms with E-state index in [0.717, 1.165) is 5.39 Å². The molecule has 0 aliphatic rings. The van der Waals surface area contributed by atoms with Crippen molar-refractivity contribution < 1.29 is 38.6 Å². The molecule has 3 atom stereocenters. The van der Waals surface area contributed by atoms with Gasteiger partial charge in [0.25, 0.3) is 5.91 Å². The van der Waals surface area contributed by atoms with Gasteiger partial charge >= 0.3 is 11.9 Å². The number of ether oxygens (including phenoxy) is 2. The summed E-state index contributed by atoms with van der Waals surface area (Å²) >= 11 is 0. The van der Waals surface area contributed by atoms with E-state index in [9.17, 15) is 29.1 Å². The maximum atomic E-state index is 13.8. The van der Waals surface area contributed by atoms with Gasteiger partial charge in [0, 0.05) is 0 Å². The normalized spacial score (nSPS) is 13.0. The number of esters is 1. The SMILES string of the molecule is COC(=O)[C@H](CC(C)C)NC(=O)C(NC(=O)[C@H](C)NC(=O)c1ccccc1C(=O)O)c1cccc2ccc(OC)cc12. The number of rotatable bonds is 12. The van der Waals surface area contributed by atoms with Crippen molar-refractivity contribution in [2.24, 2.45) is 5.92 Å². The van der Waals surface area contributed by atoms with E-state index in [0.29, 0.717) is 23.1 Å². The number of hydrogen-bond donors (Lipinski definition) is 4. The average Bonchev–Trinajstić information content (AvgIpc) is 2.97. The van der Waals surface area contributed by atoms with Crippen molar-refractivity contribution in [2.75, 3.05) is 14.2 Å². The summed E-state index contributed by atoms with van der Waals surface area (Å²) in [6.07, 6.45) is 0.303. The molecule has 0 aliphatic carbocycles. The second-order valence-electron chi connectivity index (χ2n) is 10.1. The van der Waals surface area contributed by atoms with E-state index in [1.807, 2.05) is 26.0 Å². The highest BCUT2D eigenvalue weighted by atomic mass is 16.5. The Morgan fingerprint density at radius 3 is 2.12 bits per heavy atom. The summed E-state index contributed by atoms with van der Waals surface area (Å²) in [6.45, 7) is 5.20. The number of methoxy groups -OCH3 is 2. The first-order chi connectivity index (χ1) is 20.0. The fraction of sp³-hybridized carbons (Fsp3) is 0.323. The minimum atomic E-state index is -1.29. The number of amides is 3. The molecule has 0 heterocycles. The molecule has 4 N–H and O–H groups in total. The Hall–Kier alpha value is -4.93. The van der Waals surface area contributed by atoms with E-state index in [2.05, 4.69) is 16.0 Å². The van der Waals surface area contributed by atoms with Gasteiger partial charge in [-0.1, -0.05) is 50.2 Å². The van der Waals surface area contributed by atoms with Gasteiger partial charge in [-0.25, -0.2) is 9.59 Å². The highest BCUT2D eigenvalue weighted by molar-refractivity contribution is 6.06. The third-order valence-corrected chi connectivity index (χ3v) is 6.64. The van der Waals surface area contributed by atoms with Crippen LogP contribution >= 0.6 is 0 Å². The van der Waals surface area contributed by atoms with E-state index in [1.54, 1.807) is 24.3 Å². The topological polar surface area (TPSA) is 160 Å². The van der Waals surface area contributed by atoms with Gasteiger partial charge in [-0.15, -0.1) is 0 Å². The van der Waals surface area contributed by atoms with E-state index in [4.69, 9.17) is 9.47 Å². The third-order valence-electron chi connectivity index (χ3n) is 6.64. The maximum absolute atomic E-state index is 13.8. The van der Waals surface area contributed by atoms with Crippen molar-refractivity contribution in [1.82, 2.24) is 16.0 Å². The smallest absolute Gasteiger partial charge is 0.336 e. The molecule has 0 saturated heterocycles. The van der Waals surface area contributed by atoms with Crippen LogP contribution in [-0.4, -0.2) is 61.1 Å². The second-order valence-corrected chi connectivity index (χ2v) is 10.1. The molecule has 1 unspecified atom stereocenters. The minimum absolute atomic E-state index is 0.0492. The van der Waals surface area contributed by atoms with Crippen LogP contribution in [0.2, 0.25) is 0 Å². The predicted molar refractivity (Wildman–Crippen MR) is 155 cm³/mol. The molecule has 0 saturated carbocycles. The number of benzene rings is 3. The van der Waals surface area contributed by atoms with Crippen LogP contribution in [0.15, 0.2) is 60.7 Å². The standard InChI is InChI=1S/C31H35N3O8/c1-17(2)15-25(31(40)42-5)33-29(37)26(21-12-8-9-19-13-14-20(41-4)16-24(19)21)34-27(35)18(3)32-28(36)22-10-6-7-11-23(22)30(38)39/h6-14,16-18,25-26H,15H2,1-5H3,(H,32,36)(H,33,37)(H,34,35)(H,38,39)/t18-,25-,26?/m0/s1. The van der Waals surface area contributed by atoms with Crippen LogP contribution in [-0.2, 0) is 19.1 Å². The van der Waals surface area contributed by atoms with Crippen LogP contribution in [0, 0.1) is 5.92 Å². The van der Waals surface area contributed by atoms with Gasteiger partial charge in [0.1, 0.15) is 23.9 Å². The molecule has 3 amide bonds. The van der Waals surface area contributed by atoms with Crippen molar-refractivity contribution in [3.63, 3.8) is 0 Å². The van der Waals surface area contributed by atoms with E-state index in [1.165, 1.54) is 45.4 Å². The van der Waals surface area contributed by atoms with Crippen LogP contribution < -0.4 is 20.7 Å². The maximum Gasteiger partial charge on any atom is 0.336 e. The van der Waals surface area contributed by atoms with Crippen LogP contribution in [0.5, 0.6) is 5.75 Å². The molecule has 0 aliphatic heterocycles. The molecule has 0 bridgehead atoms. The van der Waals surface area contributed by atoms with E-state index < -0.39 is 47.8 Å². The Labute approximate surface area is 243 Å². The lowest BCUT2D eigenvalue weighted by molar-refractivity contribution is -0.145. The zero-order valence-electron chi connectivity index (χ0n) is 24.1. The van der Waals surface area contributed by atoms with Crippen molar-refractivity contribution in [2.45, 2.75) is 45.3 Å². The van der Waals surface area contributed by atoms with Gasteiger partial charge in [0.05, 0.1) is 25.3 Å². The molecule has 11 heteroatoms. The Balaban J connectivity index is 1.96. The predicted octanol–water partition coefficient (Wildman–Crippen LogP) is 3.23. The summed E-state index contributed by atoms with van der Waals surface area (Å²) < 4.78 is 10.2. The summed E-state index contributed by atoms with van der Waals surface area (Å²) in [5.41, 5.74) is 0.0958. The molecule has 222 valence electrons. The highest BCUT2D eigenvalue weighted by Gasteiger charge is 2.31. The van der Waals surface area contributed by atoms with Crippen molar-refractivity contribution in [1.29, 1.82) is 0 Å². The van der Waals surface area contributed by atoms with Gasteiger partial charge in [-0.3, -0.25) is 14.4 Å². The molecule has 42 heavy (non-hydrogen) atoms. The monoisotopic (exact) mass is 577 g/mol. The van der Waals surface area contributed by atoms with Crippen molar-refractivity contribution in [3.8, 4) is 5.75 Å². The fourth-order valence-corrected chi connectivity index (χ4v) is 4.50. The number of fused-ring (bicyclic) bond motifs is 1. The number of carbonyl (C=O) groups is 5. The Kier molecular flexibility index (Phi) is 10.6. The average molecular weight is 578 g/mol. The van der Waals surface area contributed by atoms with Crippen LogP contribution in [0.25, 0.3) is 10.8 Å². The molecule has 3 rings (SSSR count). The first-order valence-electron chi connectivity index (χ1n) is 13.3. The lowest BCUT2D eigenvalue weighted by Gasteiger charge is -2.25. The number of nitrogens with one attached hydrogen (secondary N) is 3. The zero-order valence-corrected chi connectivity index (χ0v) is 24.1. The number of carbonyl (C=O) groups excluding carboxylic acids is 4. The number of hydrogen-bond acceptors (Lipinski definition) is 7. The third kappa shape index (κ3) is 7.62. The number of aromatic carboxylic acids is 1. The van der Waals surface area contributed by atoms with Gasteiger partial charge < -0.3 is 30.5 Å². The molecule has 11 nitrogen and oxygen atoms in total. The Morgan fingerprint density at radius 1 is 0.810 bits per heavy atom. The van der Waals surface area contributed by atoms with Crippen molar-refractivity contribution in [3.05, 3.63) is 77.4 Å². The molecule has 0 radical (unpaired) electrons. The fourth-order valence-electron chi connectivity index (χ4n) is 4.50. The zero-order chi connectivity index (χ0) is 31.0. The molecular weight excluding hydrogens is 542 g/mol. The second kappa shape index (κ2) is 14.1. The number of carboxylic acid groups (broad SMARTS) is 1. The Bertz CT molecular complexity index is 1490. The lowest BCUT2D eigenvalue weighted by atomic mass is 9.96. The van der Waals surface area contributed by atoms with Crippen molar-refractivity contribution >= 4 is 40.4 Å². The summed E-state index contributed by atoms with van der Waals surface area (Å²) in [6, 6.07) is 12.8. The summed E-state index contributed by atoms with van der Waals surface area (Å²) in [4.78, 5) is 64.1. The molecular formula is C31H35N3O8. The van der Waals surface area contributed by atoms with Crippen LogP contribution in [0.3, 0.4) is 0 Å². The summed E-state index contributed by atoms with van der Waals surface area (Å²) in [5, 5.41) is 18.7. The van der Waals surface area contributed by atoms with Gasteiger partial charge in [-0.2, -0.15) is 0 Å². The van der Waals surface area contributed by atoms with E-state index in [-0.39, 0.29) is 17.0 Å². The van der Waals surface area contributed by atoms with Crippen LogP contribution in [0.1, 0.15) is 59.5 Å². The number of carboxylic acids is 1. The molecule has 0 spiro atoms. The first kappa shape index (κ1) is 31.6. The largest absolute Gasteiger partial charge is 0.497 e. The summed E-state index contributed by atoms with van der Waals surface area (Å²) in [5.74, 6) is -3.48. The van der Waals surface area contributed by atoms with Gasteiger partial charge in [-0.05, 0) is 59.9 Å². The molecule has 3 aromatic carbocycles. The molecule has 3 aromatic rings. The Morgan fingerprint density at radius 2 is 1.50 bits per heavy atom.